The molecule has 0 radical (unpaired) electrons. The molecule has 0 saturated carbocycles. The molecule has 1 aromatic rings. The van der Waals surface area contributed by atoms with Gasteiger partial charge < -0.3 is 18.9 Å². The maximum absolute atomic E-state index is 11.0. The second-order valence-electron chi connectivity index (χ2n) is 3.72. The summed E-state index contributed by atoms with van der Waals surface area (Å²) in [4.78, 5) is 11.0. The third-order valence-electron chi connectivity index (χ3n) is 2.66. The van der Waals surface area contributed by atoms with Crippen molar-refractivity contribution >= 4 is 6.16 Å². The third-order valence-corrected chi connectivity index (χ3v) is 2.66. The van der Waals surface area contributed by atoms with E-state index in [-0.39, 0.29) is 19.0 Å². The molecule has 2 aliphatic heterocycles. The van der Waals surface area contributed by atoms with Crippen molar-refractivity contribution in [2.75, 3.05) is 6.79 Å². The summed E-state index contributed by atoms with van der Waals surface area (Å²) in [5.41, 5.74) is 0.850. The van der Waals surface area contributed by atoms with Crippen molar-refractivity contribution in [2.24, 2.45) is 0 Å². The van der Waals surface area contributed by atoms with Gasteiger partial charge in [0.1, 0.15) is 6.10 Å². The maximum atomic E-state index is 11.0. The monoisotopic (exact) mass is 222 g/mol. The van der Waals surface area contributed by atoms with Gasteiger partial charge in [0.2, 0.25) is 6.79 Å². The van der Waals surface area contributed by atoms with E-state index in [1.165, 1.54) is 0 Å². The van der Waals surface area contributed by atoms with E-state index in [0.717, 1.165) is 5.56 Å². The molecule has 0 bridgehead atoms. The van der Waals surface area contributed by atoms with Crippen LogP contribution in [0.15, 0.2) is 18.2 Å². The average Bonchev–Trinajstić information content (AvgIpc) is 2.83. The highest BCUT2D eigenvalue weighted by Crippen LogP contribution is 2.37. The fourth-order valence-corrected chi connectivity index (χ4v) is 1.87. The summed E-state index contributed by atoms with van der Waals surface area (Å²) in [6.45, 7) is 2.02. The van der Waals surface area contributed by atoms with Gasteiger partial charge in [0.05, 0.1) is 0 Å². The van der Waals surface area contributed by atoms with Crippen LogP contribution in [-0.2, 0) is 9.47 Å². The molecule has 5 nitrogen and oxygen atoms in total. The third kappa shape index (κ3) is 1.36. The van der Waals surface area contributed by atoms with Gasteiger partial charge in [-0.15, -0.1) is 0 Å². The van der Waals surface area contributed by atoms with E-state index in [1.807, 2.05) is 12.1 Å². The number of fused-ring (bicyclic) bond motifs is 1. The number of carbonyl (C=O) groups is 1. The highest BCUT2D eigenvalue weighted by atomic mass is 16.8. The van der Waals surface area contributed by atoms with E-state index in [2.05, 4.69) is 0 Å². The smallest absolute Gasteiger partial charge is 0.454 e. The molecular weight excluding hydrogens is 212 g/mol. The second-order valence-corrected chi connectivity index (χ2v) is 3.72. The van der Waals surface area contributed by atoms with Crippen LogP contribution in [0.5, 0.6) is 11.5 Å². The Kier molecular flexibility index (Phi) is 1.92. The molecule has 0 amide bonds. The molecule has 1 fully saturated rings. The maximum Gasteiger partial charge on any atom is 0.509 e. The molecule has 5 heteroatoms. The first-order valence-corrected chi connectivity index (χ1v) is 5.01. The Morgan fingerprint density at radius 3 is 2.75 bits per heavy atom. The molecule has 2 aliphatic rings. The van der Waals surface area contributed by atoms with E-state index >= 15 is 0 Å². The Bertz CT molecular complexity index is 442. The van der Waals surface area contributed by atoms with Crippen molar-refractivity contribution in [3.8, 4) is 11.5 Å². The molecule has 2 atom stereocenters. The highest BCUT2D eigenvalue weighted by Gasteiger charge is 2.35. The van der Waals surface area contributed by atoms with Crippen LogP contribution >= 0.6 is 0 Å². The topological polar surface area (TPSA) is 54.0 Å². The zero-order chi connectivity index (χ0) is 11.1. The molecule has 0 N–H and O–H groups in total. The normalized spacial score (nSPS) is 26.4. The minimum absolute atomic E-state index is 0.231. The van der Waals surface area contributed by atoms with Crippen molar-refractivity contribution in [1.82, 2.24) is 0 Å². The van der Waals surface area contributed by atoms with Gasteiger partial charge in [0, 0.05) is 5.56 Å². The lowest BCUT2D eigenvalue weighted by molar-refractivity contribution is 0.117. The predicted molar refractivity (Wildman–Crippen MR) is 52.3 cm³/mol. The summed E-state index contributed by atoms with van der Waals surface area (Å²) in [6, 6.07) is 5.46. The molecule has 2 heterocycles. The fourth-order valence-electron chi connectivity index (χ4n) is 1.87. The highest BCUT2D eigenvalue weighted by molar-refractivity contribution is 5.63. The van der Waals surface area contributed by atoms with E-state index in [9.17, 15) is 4.79 Å². The van der Waals surface area contributed by atoms with Crippen LogP contribution in [0.4, 0.5) is 4.79 Å². The number of hydrogen-bond donors (Lipinski definition) is 0. The van der Waals surface area contributed by atoms with E-state index in [0.29, 0.717) is 11.5 Å². The quantitative estimate of drug-likeness (QED) is 0.680. The SMILES string of the molecule is CC1OC(=O)OC1c1ccc2c(c1)OCO2. The number of benzene rings is 1. The Balaban J connectivity index is 1.92. The molecule has 0 spiro atoms. The Hall–Kier alpha value is -1.91. The van der Waals surface area contributed by atoms with Gasteiger partial charge in [-0.25, -0.2) is 4.79 Å². The molecule has 84 valence electrons. The molecule has 2 unspecified atom stereocenters. The van der Waals surface area contributed by atoms with Crippen LogP contribution in [0.1, 0.15) is 18.6 Å². The summed E-state index contributed by atoms with van der Waals surface area (Å²) >= 11 is 0. The van der Waals surface area contributed by atoms with Gasteiger partial charge in [-0.1, -0.05) is 6.07 Å². The summed E-state index contributed by atoms with van der Waals surface area (Å²) < 4.78 is 20.4. The van der Waals surface area contributed by atoms with Crippen LogP contribution < -0.4 is 9.47 Å². The van der Waals surface area contributed by atoms with Crippen LogP contribution in [-0.4, -0.2) is 19.1 Å². The van der Waals surface area contributed by atoms with Gasteiger partial charge in [0.15, 0.2) is 17.6 Å². The van der Waals surface area contributed by atoms with Gasteiger partial charge in [-0.05, 0) is 19.1 Å². The molecular formula is C11H10O5. The number of carbonyl (C=O) groups excluding carboxylic acids is 1. The van der Waals surface area contributed by atoms with Crippen LogP contribution in [0.2, 0.25) is 0 Å². The van der Waals surface area contributed by atoms with Gasteiger partial charge >= 0.3 is 6.16 Å². The molecule has 0 aliphatic carbocycles. The van der Waals surface area contributed by atoms with Gasteiger partial charge in [-0.3, -0.25) is 0 Å². The molecule has 3 rings (SSSR count). The van der Waals surface area contributed by atoms with Crippen molar-refractivity contribution < 1.29 is 23.7 Å². The van der Waals surface area contributed by atoms with Gasteiger partial charge in [-0.2, -0.15) is 0 Å². The fraction of sp³-hybridized carbons (Fsp3) is 0.364. The van der Waals surface area contributed by atoms with Crippen molar-refractivity contribution in [3.05, 3.63) is 23.8 Å². The first-order chi connectivity index (χ1) is 7.74. The number of ether oxygens (including phenoxy) is 4. The second kappa shape index (κ2) is 3.30. The number of cyclic esters (lactones) is 2. The Morgan fingerprint density at radius 1 is 1.19 bits per heavy atom. The van der Waals surface area contributed by atoms with E-state index in [4.69, 9.17) is 18.9 Å². The van der Waals surface area contributed by atoms with E-state index in [1.54, 1.807) is 13.0 Å². The number of hydrogen-bond acceptors (Lipinski definition) is 5. The Labute approximate surface area is 91.9 Å². The van der Waals surface area contributed by atoms with Crippen LogP contribution in [0.25, 0.3) is 0 Å². The molecule has 16 heavy (non-hydrogen) atoms. The minimum Gasteiger partial charge on any atom is -0.454 e. The average molecular weight is 222 g/mol. The van der Waals surface area contributed by atoms with Crippen LogP contribution in [0, 0.1) is 0 Å². The molecule has 1 saturated heterocycles. The zero-order valence-electron chi connectivity index (χ0n) is 8.64. The summed E-state index contributed by atoms with van der Waals surface area (Å²) in [6.07, 6.45) is -1.29. The van der Waals surface area contributed by atoms with Crippen LogP contribution in [0.3, 0.4) is 0 Å². The van der Waals surface area contributed by atoms with Crippen molar-refractivity contribution in [1.29, 1.82) is 0 Å². The molecule has 1 aromatic carbocycles. The van der Waals surface area contributed by atoms with Crippen molar-refractivity contribution in [3.63, 3.8) is 0 Å². The standard InChI is InChI=1S/C11H10O5/c1-6-10(16-11(12)15-6)7-2-3-8-9(4-7)14-5-13-8/h2-4,6,10H,5H2,1H3. The minimum atomic E-state index is -0.629. The van der Waals surface area contributed by atoms with Crippen molar-refractivity contribution in [2.45, 2.75) is 19.1 Å². The van der Waals surface area contributed by atoms with E-state index < -0.39 is 6.16 Å². The molecule has 0 aromatic heterocycles. The number of rotatable bonds is 1. The largest absolute Gasteiger partial charge is 0.509 e. The lowest BCUT2D eigenvalue weighted by atomic mass is 10.1. The lowest BCUT2D eigenvalue weighted by Gasteiger charge is -2.11. The Morgan fingerprint density at radius 2 is 2.00 bits per heavy atom. The first-order valence-electron chi connectivity index (χ1n) is 5.01. The summed E-state index contributed by atoms with van der Waals surface area (Å²) in [5, 5.41) is 0. The zero-order valence-corrected chi connectivity index (χ0v) is 8.64. The summed E-state index contributed by atoms with van der Waals surface area (Å²) in [7, 11) is 0. The van der Waals surface area contributed by atoms with Gasteiger partial charge in [0.25, 0.3) is 0 Å². The lowest BCUT2D eigenvalue weighted by Crippen LogP contribution is -2.10. The predicted octanol–water partition coefficient (Wildman–Crippen LogP) is 2.01. The first kappa shape index (κ1) is 9.33. The summed E-state index contributed by atoms with van der Waals surface area (Å²) in [5.74, 6) is 1.38.